The van der Waals surface area contributed by atoms with Crippen molar-refractivity contribution in [2.45, 2.75) is 6.92 Å². The molecule has 0 saturated heterocycles. The molecule has 0 aliphatic heterocycles. The Bertz CT molecular complexity index is 262. The number of hydrogen-bond donors (Lipinski definition) is 2. The van der Waals surface area contributed by atoms with Crippen molar-refractivity contribution >= 4 is 11.7 Å². The van der Waals surface area contributed by atoms with Crippen molar-refractivity contribution in [2.24, 2.45) is 0 Å². The van der Waals surface area contributed by atoms with E-state index in [0.29, 0.717) is 18.9 Å². The summed E-state index contributed by atoms with van der Waals surface area (Å²) in [6.07, 6.45) is 4.85. The van der Waals surface area contributed by atoms with Crippen molar-refractivity contribution in [1.82, 2.24) is 15.3 Å². The first kappa shape index (κ1) is 9.44. The fraction of sp³-hybridized carbons (Fsp3) is 0.375. The van der Waals surface area contributed by atoms with Gasteiger partial charge in [-0.25, -0.2) is 4.98 Å². The van der Waals surface area contributed by atoms with Crippen LogP contribution in [-0.2, 0) is 4.79 Å². The maximum atomic E-state index is 10.5. The van der Waals surface area contributed by atoms with Gasteiger partial charge in [0.15, 0.2) is 0 Å². The van der Waals surface area contributed by atoms with Gasteiger partial charge in [0, 0.05) is 32.4 Å². The van der Waals surface area contributed by atoms with Gasteiger partial charge < -0.3 is 10.6 Å². The van der Waals surface area contributed by atoms with Crippen LogP contribution >= 0.6 is 0 Å². The van der Waals surface area contributed by atoms with Crippen molar-refractivity contribution < 1.29 is 4.79 Å². The smallest absolute Gasteiger partial charge is 0.216 e. The number of nitrogens with zero attached hydrogens (tertiary/aromatic N) is 2. The van der Waals surface area contributed by atoms with Crippen LogP contribution in [-0.4, -0.2) is 29.0 Å². The number of aromatic nitrogens is 2. The summed E-state index contributed by atoms with van der Waals surface area (Å²) in [5.41, 5.74) is 0. The average Bonchev–Trinajstić information content (AvgIpc) is 2.14. The Balaban J connectivity index is 2.17. The first-order chi connectivity index (χ1) is 6.29. The molecule has 1 aromatic rings. The van der Waals surface area contributed by atoms with Crippen LogP contribution in [0.5, 0.6) is 0 Å². The molecule has 0 saturated carbocycles. The molecule has 5 heteroatoms. The van der Waals surface area contributed by atoms with Gasteiger partial charge in [-0.3, -0.25) is 9.78 Å². The lowest BCUT2D eigenvalue weighted by Gasteiger charge is -2.04. The standard InChI is InChI=1S/C8H12N4O/c1-7(13)10-4-5-12-8-6-9-2-3-11-8/h2-3,6H,4-5H2,1H3,(H,10,13)(H,11,12). The second kappa shape index (κ2) is 5.08. The minimum atomic E-state index is -0.0269. The van der Waals surface area contributed by atoms with Gasteiger partial charge in [0.25, 0.3) is 0 Å². The lowest BCUT2D eigenvalue weighted by molar-refractivity contribution is -0.118. The third kappa shape index (κ3) is 4.05. The summed E-state index contributed by atoms with van der Waals surface area (Å²) in [4.78, 5) is 18.4. The average molecular weight is 180 g/mol. The Kier molecular flexibility index (Phi) is 3.69. The van der Waals surface area contributed by atoms with E-state index in [0.717, 1.165) is 0 Å². The van der Waals surface area contributed by atoms with Crippen LogP contribution in [0.3, 0.4) is 0 Å². The van der Waals surface area contributed by atoms with Crippen LogP contribution in [0.1, 0.15) is 6.92 Å². The lowest BCUT2D eigenvalue weighted by Crippen LogP contribution is -2.26. The third-order valence-corrected chi connectivity index (χ3v) is 1.37. The predicted octanol–water partition coefficient (Wildman–Crippen LogP) is 0.0246. The van der Waals surface area contributed by atoms with E-state index < -0.39 is 0 Å². The van der Waals surface area contributed by atoms with Gasteiger partial charge in [-0.1, -0.05) is 0 Å². The fourth-order valence-corrected chi connectivity index (χ4v) is 0.819. The summed E-state index contributed by atoms with van der Waals surface area (Å²) in [7, 11) is 0. The molecular formula is C8H12N4O. The first-order valence-electron chi connectivity index (χ1n) is 4.03. The molecule has 0 aliphatic rings. The number of carbonyl (C=O) groups excluding carboxylic acids is 1. The summed E-state index contributed by atoms with van der Waals surface area (Å²) in [6, 6.07) is 0. The second-order valence-corrected chi connectivity index (χ2v) is 2.50. The molecule has 70 valence electrons. The van der Waals surface area contributed by atoms with E-state index in [-0.39, 0.29) is 5.91 Å². The zero-order valence-electron chi connectivity index (χ0n) is 7.45. The van der Waals surface area contributed by atoms with Crippen molar-refractivity contribution in [3.63, 3.8) is 0 Å². The van der Waals surface area contributed by atoms with Gasteiger partial charge in [0.05, 0.1) is 6.20 Å². The normalized spacial score (nSPS) is 9.31. The lowest BCUT2D eigenvalue weighted by atomic mass is 10.5. The summed E-state index contributed by atoms with van der Waals surface area (Å²) in [6.45, 7) is 2.73. The Morgan fingerprint density at radius 1 is 1.46 bits per heavy atom. The molecule has 0 fully saturated rings. The molecule has 1 aromatic heterocycles. The molecular weight excluding hydrogens is 168 g/mol. The van der Waals surface area contributed by atoms with Gasteiger partial charge in [0.2, 0.25) is 5.91 Å². The highest BCUT2D eigenvalue weighted by molar-refractivity contribution is 5.72. The molecule has 5 nitrogen and oxygen atoms in total. The molecule has 0 aliphatic carbocycles. The molecule has 0 radical (unpaired) electrons. The van der Waals surface area contributed by atoms with Gasteiger partial charge in [-0.05, 0) is 0 Å². The Morgan fingerprint density at radius 3 is 2.92 bits per heavy atom. The van der Waals surface area contributed by atoms with Crippen LogP contribution in [0.2, 0.25) is 0 Å². The van der Waals surface area contributed by atoms with Crippen molar-refractivity contribution in [1.29, 1.82) is 0 Å². The molecule has 1 rings (SSSR count). The summed E-state index contributed by atoms with van der Waals surface area (Å²) >= 11 is 0. The Labute approximate surface area is 76.6 Å². The van der Waals surface area contributed by atoms with E-state index in [9.17, 15) is 4.79 Å². The molecule has 0 spiro atoms. The van der Waals surface area contributed by atoms with E-state index in [1.807, 2.05) is 0 Å². The Hall–Kier alpha value is -1.65. The van der Waals surface area contributed by atoms with E-state index >= 15 is 0 Å². The molecule has 0 aromatic carbocycles. The highest BCUT2D eigenvalue weighted by Crippen LogP contribution is 1.94. The first-order valence-corrected chi connectivity index (χ1v) is 4.03. The minimum Gasteiger partial charge on any atom is -0.367 e. The van der Waals surface area contributed by atoms with Gasteiger partial charge in [0.1, 0.15) is 5.82 Å². The monoisotopic (exact) mass is 180 g/mol. The number of anilines is 1. The predicted molar refractivity (Wildman–Crippen MR) is 49.2 cm³/mol. The number of nitrogens with one attached hydrogen (secondary N) is 2. The SMILES string of the molecule is CC(=O)NCCNc1cnccn1. The molecule has 1 heterocycles. The quantitative estimate of drug-likeness (QED) is 0.641. The molecule has 13 heavy (non-hydrogen) atoms. The van der Waals surface area contributed by atoms with Crippen molar-refractivity contribution in [3.05, 3.63) is 18.6 Å². The van der Waals surface area contributed by atoms with Crippen LogP contribution < -0.4 is 10.6 Å². The maximum absolute atomic E-state index is 10.5. The van der Waals surface area contributed by atoms with E-state index in [1.165, 1.54) is 6.92 Å². The van der Waals surface area contributed by atoms with Crippen LogP contribution in [0.4, 0.5) is 5.82 Å². The summed E-state index contributed by atoms with van der Waals surface area (Å²) in [5, 5.41) is 5.68. The highest BCUT2D eigenvalue weighted by Gasteiger charge is 1.92. The van der Waals surface area contributed by atoms with Crippen LogP contribution in [0.25, 0.3) is 0 Å². The topological polar surface area (TPSA) is 66.9 Å². The van der Waals surface area contributed by atoms with E-state index in [2.05, 4.69) is 20.6 Å². The largest absolute Gasteiger partial charge is 0.367 e. The summed E-state index contributed by atoms with van der Waals surface area (Å²) in [5.74, 6) is 0.689. The zero-order chi connectivity index (χ0) is 9.52. The second-order valence-electron chi connectivity index (χ2n) is 2.50. The van der Waals surface area contributed by atoms with Crippen molar-refractivity contribution in [3.8, 4) is 0 Å². The molecule has 0 unspecified atom stereocenters. The number of carbonyl (C=O) groups is 1. The minimum absolute atomic E-state index is 0.0269. The van der Waals surface area contributed by atoms with Crippen molar-refractivity contribution in [2.75, 3.05) is 18.4 Å². The molecule has 1 amide bonds. The van der Waals surface area contributed by atoms with Gasteiger partial charge in [-0.15, -0.1) is 0 Å². The molecule has 0 bridgehead atoms. The Morgan fingerprint density at radius 2 is 2.31 bits per heavy atom. The fourth-order valence-electron chi connectivity index (χ4n) is 0.819. The van der Waals surface area contributed by atoms with E-state index in [4.69, 9.17) is 0 Å². The summed E-state index contributed by atoms with van der Waals surface area (Å²) < 4.78 is 0. The number of amides is 1. The molecule has 0 atom stereocenters. The maximum Gasteiger partial charge on any atom is 0.216 e. The highest BCUT2D eigenvalue weighted by atomic mass is 16.1. The number of hydrogen-bond acceptors (Lipinski definition) is 4. The third-order valence-electron chi connectivity index (χ3n) is 1.37. The van der Waals surface area contributed by atoms with Crippen LogP contribution in [0, 0.1) is 0 Å². The van der Waals surface area contributed by atoms with E-state index in [1.54, 1.807) is 18.6 Å². The number of rotatable bonds is 4. The van der Waals surface area contributed by atoms with Crippen LogP contribution in [0.15, 0.2) is 18.6 Å². The molecule has 2 N–H and O–H groups in total. The van der Waals surface area contributed by atoms with Gasteiger partial charge >= 0.3 is 0 Å². The zero-order valence-corrected chi connectivity index (χ0v) is 7.45. The van der Waals surface area contributed by atoms with Gasteiger partial charge in [-0.2, -0.15) is 0 Å².